The van der Waals surface area contributed by atoms with Gasteiger partial charge in [-0.15, -0.1) is 23.2 Å². The molecule has 0 bridgehead atoms. The molecule has 6 unspecified atom stereocenters. The lowest BCUT2D eigenvalue weighted by Crippen LogP contribution is -2.60. The molecule has 2 aliphatic heterocycles. The van der Waals surface area contributed by atoms with Crippen molar-refractivity contribution >= 4 is 46.8 Å². The van der Waals surface area contributed by atoms with Gasteiger partial charge in [0.05, 0.1) is 18.4 Å². The van der Waals surface area contributed by atoms with E-state index in [1.54, 1.807) is 18.2 Å². The predicted molar refractivity (Wildman–Crippen MR) is 136 cm³/mol. The first-order valence-corrected chi connectivity index (χ1v) is 12.9. The summed E-state index contributed by atoms with van der Waals surface area (Å²) < 4.78 is 0. The first-order valence-electron chi connectivity index (χ1n) is 12.2. The summed E-state index contributed by atoms with van der Waals surface area (Å²) in [7, 11) is 1.34. The van der Waals surface area contributed by atoms with Gasteiger partial charge in [0.1, 0.15) is 5.75 Å². The number of allylic oxidation sites excluding steroid dienone is 2. The number of alkyl halides is 2. The van der Waals surface area contributed by atoms with E-state index in [1.165, 1.54) is 18.0 Å². The topological polar surface area (TPSA) is 95.0 Å². The van der Waals surface area contributed by atoms with E-state index in [1.807, 2.05) is 36.4 Å². The van der Waals surface area contributed by atoms with Crippen molar-refractivity contribution in [2.24, 2.45) is 17.8 Å². The summed E-state index contributed by atoms with van der Waals surface area (Å²) in [5, 5.41) is 10.8. The number of benzene rings is 2. The van der Waals surface area contributed by atoms with Crippen LogP contribution in [0.3, 0.4) is 0 Å². The number of halogens is 2. The SMILES string of the molecule is CN1C(=O)C2(Cl)CC3C(=CCC4C(=O)N(Cc5ccccc5)C(=O)C43)C(c3ccccc3O)C2(Cl)C1=O. The van der Waals surface area contributed by atoms with Gasteiger partial charge in [-0.05, 0) is 30.4 Å². The zero-order chi connectivity index (χ0) is 26.3. The fourth-order valence-electron chi connectivity index (χ4n) is 6.81. The Labute approximate surface area is 223 Å². The molecule has 1 saturated carbocycles. The van der Waals surface area contributed by atoms with Crippen molar-refractivity contribution < 1.29 is 24.3 Å². The average Bonchev–Trinajstić information content (AvgIpc) is 3.20. The van der Waals surface area contributed by atoms with E-state index < -0.39 is 45.2 Å². The Morgan fingerprint density at radius 2 is 1.59 bits per heavy atom. The number of para-hydroxylation sites is 1. The Morgan fingerprint density at radius 1 is 0.919 bits per heavy atom. The van der Waals surface area contributed by atoms with Crippen molar-refractivity contribution in [3.05, 3.63) is 77.4 Å². The summed E-state index contributed by atoms with van der Waals surface area (Å²) in [5.74, 6) is -4.86. The number of nitrogens with zero attached hydrogens (tertiary/aromatic N) is 2. The Hall–Kier alpha value is -3.16. The summed E-state index contributed by atoms with van der Waals surface area (Å²) in [6, 6.07) is 15.8. The van der Waals surface area contributed by atoms with Crippen LogP contribution in [0.15, 0.2) is 66.2 Å². The molecule has 9 heteroatoms. The van der Waals surface area contributed by atoms with E-state index >= 15 is 0 Å². The molecule has 4 amide bonds. The fraction of sp³-hybridized carbons (Fsp3) is 0.357. The van der Waals surface area contributed by atoms with Gasteiger partial charge in [-0.3, -0.25) is 29.0 Å². The number of carbonyl (C=O) groups is 4. The third kappa shape index (κ3) is 3.07. The van der Waals surface area contributed by atoms with Crippen LogP contribution < -0.4 is 0 Å². The molecule has 1 N–H and O–H groups in total. The molecule has 2 aliphatic carbocycles. The van der Waals surface area contributed by atoms with E-state index in [4.69, 9.17) is 23.2 Å². The second kappa shape index (κ2) is 8.17. The maximum absolute atomic E-state index is 13.8. The van der Waals surface area contributed by atoms with Crippen molar-refractivity contribution in [1.82, 2.24) is 9.80 Å². The molecular weight excluding hydrogens is 515 g/mol. The van der Waals surface area contributed by atoms with Crippen molar-refractivity contribution in [1.29, 1.82) is 0 Å². The number of hydrogen-bond acceptors (Lipinski definition) is 5. The highest BCUT2D eigenvalue weighted by atomic mass is 35.5. The number of amides is 4. The molecule has 190 valence electrons. The minimum atomic E-state index is -1.90. The first kappa shape index (κ1) is 24.2. The zero-order valence-electron chi connectivity index (χ0n) is 19.9. The van der Waals surface area contributed by atoms with Gasteiger partial charge in [-0.25, -0.2) is 0 Å². The summed E-state index contributed by atoms with van der Waals surface area (Å²) in [4.78, 5) is 52.6. The van der Waals surface area contributed by atoms with Crippen LogP contribution >= 0.6 is 23.2 Å². The highest BCUT2D eigenvalue weighted by Gasteiger charge is 2.76. The third-order valence-corrected chi connectivity index (χ3v) is 9.95. The zero-order valence-corrected chi connectivity index (χ0v) is 21.4. The number of carbonyl (C=O) groups excluding carboxylic acids is 4. The quantitative estimate of drug-likeness (QED) is 0.366. The lowest BCUT2D eigenvalue weighted by atomic mass is 9.56. The molecule has 6 atom stereocenters. The lowest BCUT2D eigenvalue weighted by molar-refractivity contribution is -0.141. The second-order valence-corrected chi connectivity index (χ2v) is 11.5. The van der Waals surface area contributed by atoms with Crippen molar-refractivity contribution in [3.63, 3.8) is 0 Å². The van der Waals surface area contributed by atoms with Gasteiger partial charge in [-0.1, -0.05) is 60.2 Å². The number of likely N-dealkylation sites (tertiary alicyclic amines) is 2. The van der Waals surface area contributed by atoms with E-state index in [-0.39, 0.29) is 37.0 Å². The van der Waals surface area contributed by atoms with Crippen LogP contribution in [0.2, 0.25) is 0 Å². The number of hydrogen-bond donors (Lipinski definition) is 1. The monoisotopic (exact) mass is 538 g/mol. The van der Waals surface area contributed by atoms with Crippen LogP contribution in [0.25, 0.3) is 0 Å². The second-order valence-electron chi connectivity index (χ2n) is 10.3. The predicted octanol–water partition coefficient (Wildman–Crippen LogP) is 3.58. The molecule has 0 radical (unpaired) electrons. The van der Waals surface area contributed by atoms with Crippen LogP contribution in [-0.4, -0.2) is 55.3 Å². The third-order valence-electron chi connectivity index (χ3n) is 8.54. The molecule has 6 rings (SSSR count). The number of phenols is 1. The van der Waals surface area contributed by atoms with Crippen molar-refractivity contribution in [2.45, 2.75) is 35.1 Å². The minimum Gasteiger partial charge on any atom is -0.508 e. The molecule has 3 fully saturated rings. The molecule has 7 nitrogen and oxygen atoms in total. The minimum absolute atomic E-state index is 0.0672. The number of imide groups is 2. The molecule has 2 heterocycles. The Kier molecular flexibility index (Phi) is 5.34. The molecular formula is C28H24Cl2N2O5. The highest BCUT2D eigenvalue weighted by Crippen LogP contribution is 2.65. The molecule has 2 aromatic rings. The Bertz CT molecular complexity index is 1390. The number of rotatable bonds is 3. The van der Waals surface area contributed by atoms with E-state index in [0.29, 0.717) is 11.1 Å². The smallest absolute Gasteiger partial charge is 0.253 e. The average molecular weight is 539 g/mol. The summed E-state index contributed by atoms with van der Waals surface area (Å²) in [6.07, 6.45) is 2.08. The Balaban J connectivity index is 1.48. The van der Waals surface area contributed by atoms with Crippen LogP contribution in [0.5, 0.6) is 5.75 Å². The standard InChI is InChI=1S/C28H24Cl2N2O5/c1-31-25(36)27(29)13-19-16(22(28(27,30)26(31)37)17-9-5-6-10-20(17)33)11-12-18-21(19)24(35)32(23(18)34)14-15-7-3-2-4-8-15/h2-11,18-19,21-22,33H,12-14H2,1H3. The summed E-state index contributed by atoms with van der Waals surface area (Å²) in [5.41, 5.74) is 1.85. The van der Waals surface area contributed by atoms with Gasteiger partial charge in [0, 0.05) is 18.5 Å². The number of phenolic OH excluding ortho intramolecular Hbond substituents is 1. The van der Waals surface area contributed by atoms with Crippen LogP contribution in [0.4, 0.5) is 0 Å². The van der Waals surface area contributed by atoms with E-state index in [2.05, 4.69) is 0 Å². The van der Waals surface area contributed by atoms with Gasteiger partial charge in [0.2, 0.25) is 11.8 Å². The molecule has 2 aromatic carbocycles. The maximum Gasteiger partial charge on any atom is 0.253 e. The first-order chi connectivity index (χ1) is 17.6. The van der Waals surface area contributed by atoms with Crippen LogP contribution in [0, 0.1) is 17.8 Å². The van der Waals surface area contributed by atoms with E-state index in [0.717, 1.165) is 10.5 Å². The number of aromatic hydroxyl groups is 1. The molecule has 2 saturated heterocycles. The van der Waals surface area contributed by atoms with Gasteiger partial charge >= 0.3 is 0 Å². The summed E-state index contributed by atoms with van der Waals surface area (Å²) >= 11 is 14.2. The largest absolute Gasteiger partial charge is 0.508 e. The molecule has 4 aliphatic rings. The highest BCUT2D eigenvalue weighted by molar-refractivity contribution is 6.53. The van der Waals surface area contributed by atoms with Crippen molar-refractivity contribution in [3.8, 4) is 5.75 Å². The molecule has 37 heavy (non-hydrogen) atoms. The number of fused-ring (bicyclic) bond motifs is 4. The van der Waals surface area contributed by atoms with Gasteiger partial charge < -0.3 is 5.11 Å². The van der Waals surface area contributed by atoms with Gasteiger partial charge in [-0.2, -0.15) is 0 Å². The summed E-state index contributed by atoms with van der Waals surface area (Å²) in [6.45, 7) is 0.155. The lowest BCUT2D eigenvalue weighted by Gasteiger charge is -2.50. The van der Waals surface area contributed by atoms with E-state index in [9.17, 15) is 24.3 Å². The van der Waals surface area contributed by atoms with Gasteiger partial charge in [0.15, 0.2) is 9.75 Å². The molecule has 0 aromatic heterocycles. The normalized spacial score (nSPS) is 34.8. The fourth-order valence-corrected chi connectivity index (χ4v) is 7.82. The van der Waals surface area contributed by atoms with Gasteiger partial charge in [0.25, 0.3) is 11.8 Å². The van der Waals surface area contributed by atoms with Crippen LogP contribution in [-0.2, 0) is 25.7 Å². The maximum atomic E-state index is 13.8. The Morgan fingerprint density at radius 3 is 2.30 bits per heavy atom. The molecule has 0 spiro atoms. The van der Waals surface area contributed by atoms with Crippen molar-refractivity contribution in [2.75, 3.05) is 7.05 Å². The van der Waals surface area contributed by atoms with Crippen LogP contribution in [0.1, 0.15) is 29.9 Å².